The molecule has 5 rings (SSSR count). The molecule has 7 heteroatoms. The van der Waals surface area contributed by atoms with Gasteiger partial charge in [0.05, 0.1) is 11.4 Å². The van der Waals surface area contributed by atoms with Crippen LogP contribution in [0.1, 0.15) is 11.3 Å². The molecule has 34 heavy (non-hydrogen) atoms. The highest BCUT2D eigenvalue weighted by Crippen LogP contribution is 2.27. The number of fused-ring (bicyclic) bond motifs is 1. The summed E-state index contributed by atoms with van der Waals surface area (Å²) >= 11 is 0. The summed E-state index contributed by atoms with van der Waals surface area (Å²) < 4.78 is 7.82. The number of anilines is 1. The Labute approximate surface area is 198 Å². The molecule has 7 nitrogen and oxygen atoms in total. The number of hydrogen-bond donors (Lipinski definition) is 1. The van der Waals surface area contributed by atoms with Crippen molar-refractivity contribution in [3.63, 3.8) is 0 Å². The largest absolute Gasteiger partial charge is 0.506 e. The number of benzene rings is 2. The van der Waals surface area contributed by atoms with Gasteiger partial charge in [-0.3, -0.25) is 4.79 Å². The maximum atomic E-state index is 12.6. The molecule has 0 spiro atoms. The van der Waals surface area contributed by atoms with Crippen molar-refractivity contribution < 1.29 is 14.6 Å². The zero-order valence-electron chi connectivity index (χ0n) is 18.7. The van der Waals surface area contributed by atoms with Crippen molar-refractivity contribution in [3.05, 3.63) is 96.5 Å². The summed E-state index contributed by atoms with van der Waals surface area (Å²) in [6.45, 7) is 3.01. The first-order valence-electron chi connectivity index (χ1n) is 11.3. The number of hydrogen-bond acceptors (Lipinski definition) is 5. The van der Waals surface area contributed by atoms with Gasteiger partial charge in [0.1, 0.15) is 23.8 Å². The Hall–Kier alpha value is -4.26. The molecule has 2 aromatic carbocycles. The fourth-order valence-corrected chi connectivity index (χ4v) is 4.06. The van der Waals surface area contributed by atoms with E-state index < -0.39 is 0 Å². The highest BCUT2D eigenvalue weighted by molar-refractivity contribution is 5.92. The van der Waals surface area contributed by atoms with Crippen molar-refractivity contribution in [1.29, 1.82) is 0 Å². The Morgan fingerprint density at radius 2 is 1.74 bits per heavy atom. The van der Waals surface area contributed by atoms with Crippen LogP contribution in [0.4, 0.5) is 5.69 Å². The minimum atomic E-state index is -0.0101. The van der Waals surface area contributed by atoms with Gasteiger partial charge in [0, 0.05) is 44.6 Å². The van der Waals surface area contributed by atoms with Crippen molar-refractivity contribution >= 4 is 23.3 Å². The third-order valence-corrected chi connectivity index (χ3v) is 5.91. The lowest BCUT2D eigenvalue weighted by Crippen LogP contribution is -2.48. The number of amides is 1. The first-order chi connectivity index (χ1) is 16.7. The van der Waals surface area contributed by atoms with E-state index in [0.29, 0.717) is 32.8 Å². The zero-order chi connectivity index (χ0) is 23.3. The molecule has 3 heterocycles. The lowest BCUT2D eigenvalue weighted by atomic mass is 10.2. The summed E-state index contributed by atoms with van der Waals surface area (Å²) in [7, 11) is 0. The predicted octanol–water partition coefficient (Wildman–Crippen LogP) is 3.98. The lowest BCUT2D eigenvalue weighted by molar-refractivity contribution is -0.126. The van der Waals surface area contributed by atoms with Crippen molar-refractivity contribution in [2.24, 2.45) is 0 Å². The molecule has 0 radical (unpaired) electrons. The van der Waals surface area contributed by atoms with Gasteiger partial charge >= 0.3 is 0 Å². The fourth-order valence-electron chi connectivity index (χ4n) is 4.06. The molecule has 0 aliphatic carbocycles. The van der Waals surface area contributed by atoms with E-state index in [0.717, 1.165) is 28.3 Å². The number of phenols is 1. The molecule has 172 valence electrons. The average molecular weight is 455 g/mol. The predicted molar refractivity (Wildman–Crippen MR) is 132 cm³/mol. The number of nitrogens with zero attached hydrogens (tertiary/aromatic N) is 4. The molecule has 0 bridgehead atoms. The minimum Gasteiger partial charge on any atom is -0.506 e. The number of aromatic nitrogens is 2. The van der Waals surface area contributed by atoms with Crippen LogP contribution in [0.3, 0.4) is 0 Å². The van der Waals surface area contributed by atoms with Crippen LogP contribution in [-0.2, 0) is 11.4 Å². The van der Waals surface area contributed by atoms with Gasteiger partial charge in [0.2, 0.25) is 5.91 Å². The summed E-state index contributed by atoms with van der Waals surface area (Å²) in [5.41, 5.74) is 3.50. The number of piperazine rings is 1. The van der Waals surface area contributed by atoms with Crippen LogP contribution < -0.4 is 9.64 Å². The minimum absolute atomic E-state index is 0.0101. The van der Waals surface area contributed by atoms with E-state index in [1.54, 1.807) is 12.1 Å². The van der Waals surface area contributed by atoms with Crippen LogP contribution >= 0.6 is 0 Å². The van der Waals surface area contributed by atoms with Crippen LogP contribution in [0, 0.1) is 0 Å². The molecule has 0 saturated carbocycles. The molecule has 0 atom stereocenters. The highest BCUT2D eigenvalue weighted by atomic mass is 16.5. The smallest absolute Gasteiger partial charge is 0.246 e. The number of rotatable bonds is 6. The highest BCUT2D eigenvalue weighted by Gasteiger charge is 2.21. The van der Waals surface area contributed by atoms with Crippen LogP contribution in [0.2, 0.25) is 0 Å². The molecule has 2 aromatic heterocycles. The Balaban J connectivity index is 1.12. The molecule has 4 aromatic rings. The summed E-state index contributed by atoms with van der Waals surface area (Å²) in [4.78, 5) is 21.1. The van der Waals surface area contributed by atoms with Crippen molar-refractivity contribution in [2.45, 2.75) is 6.61 Å². The number of aromatic hydroxyl groups is 1. The van der Waals surface area contributed by atoms with Gasteiger partial charge in [0.15, 0.2) is 0 Å². The Kier molecular flexibility index (Phi) is 6.16. The van der Waals surface area contributed by atoms with E-state index in [-0.39, 0.29) is 11.7 Å². The van der Waals surface area contributed by atoms with E-state index in [2.05, 4.69) is 9.88 Å². The van der Waals surface area contributed by atoms with Gasteiger partial charge in [0.25, 0.3) is 0 Å². The van der Waals surface area contributed by atoms with Crippen molar-refractivity contribution in [3.8, 4) is 11.5 Å². The average Bonchev–Trinajstić information content (AvgIpc) is 3.30. The fraction of sp³-hybridized carbons (Fsp3) is 0.185. The van der Waals surface area contributed by atoms with Gasteiger partial charge in [-0.15, -0.1) is 0 Å². The molecule has 1 saturated heterocycles. The number of phenolic OH excluding ortho intramolecular Hbond substituents is 1. The molecule has 1 N–H and O–H groups in total. The molecule has 0 unspecified atom stereocenters. The summed E-state index contributed by atoms with van der Waals surface area (Å²) in [5, 5.41) is 10.0. The molecular weight excluding hydrogens is 428 g/mol. The Morgan fingerprint density at radius 3 is 2.50 bits per heavy atom. The third kappa shape index (κ3) is 4.88. The number of pyridine rings is 1. The van der Waals surface area contributed by atoms with Gasteiger partial charge < -0.3 is 24.0 Å². The lowest BCUT2D eigenvalue weighted by Gasteiger charge is -2.35. The van der Waals surface area contributed by atoms with Gasteiger partial charge in [-0.05, 0) is 48.0 Å². The van der Waals surface area contributed by atoms with Crippen molar-refractivity contribution in [2.75, 3.05) is 31.1 Å². The number of ether oxygens (including phenoxy) is 1. The molecule has 1 aliphatic heterocycles. The van der Waals surface area contributed by atoms with E-state index in [9.17, 15) is 9.90 Å². The second kappa shape index (κ2) is 9.70. The number of carbonyl (C=O) groups excluding carboxylic acids is 1. The van der Waals surface area contributed by atoms with Crippen LogP contribution in [-0.4, -0.2) is 51.5 Å². The standard InChI is InChI=1S/C27H26N4O3/c32-25-6-2-1-5-24(25)29-15-17-30(18-16-29)27(33)13-10-21-8-11-23(12-9-21)34-20-22-19-31-14-4-3-7-26(31)28-22/h1-14,19,32H,15-18,20H2. The van der Waals surface area contributed by atoms with E-state index >= 15 is 0 Å². The van der Waals surface area contributed by atoms with Crippen LogP contribution in [0.25, 0.3) is 11.7 Å². The normalized spacial score (nSPS) is 14.1. The van der Waals surface area contributed by atoms with E-state index in [4.69, 9.17) is 4.74 Å². The van der Waals surface area contributed by atoms with Crippen molar-refractivity contribution in [1.82, 2.24) is 14.3 Å². The van der Waals surface area contributed by atoms with Crippen LogP contribution in [0.5, 0.6) is 11.5 Å². The maximum Gasteiger partial charge on any atom is 0.246 e. The second-order valence-corrected chi connectivity index (χ2v) is 8.19. The first kappa shape index (κ1) is 21.6. The molecule has 1 amide bonds. The second-order valence-electron chi connectivity index (χ2n) is 8.19. The Morgan fingerprint density at radius 1 is 0.971 bits per heavy atom. The third-order valence-electron chi connectivity index (χ3n) is 5.91. The molecule has 1 fully saturated rings. The van der Waals surface area contributed by atoms with E-state index in [1.807, 2.05) is 88.4 Å². The Bertz CT molecular complexity index is 1270. The number of para-hydroxylation sites is 2. The monoisotopic (exact) mass is 454 g/mol. The summed E-state index contributed by atoms with van der Waals surface area (Å²) in [5.74, 6) is 1.01. The van der Waals surface area contributed by atoms with Crippen LogP contribution in [0.15, 0.2) is 85.2 Å². The quantitative estimate of drug-likeness (QED) is 0.446. The topological polar surface area (TPSA) is 70.3 Å². The zero-order valence-corrected chi connectivity index (χ0v) is 18.7. The van der Waals surface area contributed by atoms with Gasteiger partial charge in [-0.1, -0.05) is 30.3 Å². The summed E-state index contributed by atoms with van der Waals surface area (Å²) in [6.07, 6.45) is 7.36. The number of carbonyl (C=O) groups is 1. The SMILES string of the molecule is O=C(C=Cc1ccc(OCc2cn3ccccc3n2)cc1)N1CCN(c2ccccc2O)CC1. The number of imidazole rings is 1. The first-order valence-corrected chi connectivity index (χ1v) is 11.3. The molecule has 1 aliphatic rings. The molecular formula is C27H26N4O3. The van der Waals surface area contributed by atoms with E-state index in [1.165, 1.54) is 0 Å². The maximum absolute atomic E-state index is 12.6. The van der Waals surface area contributed by atoms with Gasteiger partial charge in [-0.25, -0.2) is 4.98 Å². The summed E-state index contributed by atoms with van der Waals surface area (Å²) in [6, 6.07) is 20.8. The van der Waals surface area contributed by atoms with Gasteiger partial charge in [-0.2, -0.15) is 0 Å².